The van der Waals surface area contributed by atoms with Crippen molar-refractivity contribution in [2.24, 2.45) is 0 Å². The van der Waals surface area contributed by atoms with Crippen molar-refractivity contribution in [3.05, 3.63) is 33.4 Å². The number of H-pyrrole nitrogens is 1. The van der Waals surface area contributed by atoms with Gasteiger partial charge in [0.15, 0.2) is 0 Å². The minimum absolute atomic E-state index is 0.0747. The SMILES string of the molecule is CN(Cc1nc2ccsc2c(=O)[nH]1)c1nc(C2CC2)ns1. The highest BCUT2D eigenvalue weighted by Gasteiger charge is 2.28. The standard InChI is InChI=1S/C13H13N5OS2/c1-18(13-16-11(17-21-13)7-2-3-7)6-9-14-8-4-5-20-10(8)12(19)15-9/h4-5,7H,2-3,6H2,1H3,(H,14,15,19). The molecule has 1 aliphatic rings. The topological polar surface area (TPSA) is 74.8 Å². The maximum atomic E-state index is 12.0. The summed E-state index contributed by atoms with van der Waals surface area (Å²) in [6.45, 7) is 0.514. The van der Waals surface area contributed by atoms with Crippen LogP contribution in [-0.2, 0) is 6.54 Å². The average molecular weight is 319 g/mol. The highest BCUT2D eigenvalue weighted by atomic mass is 32.1. The van der Waals surface area contributed by atoms with E-state index in [1.807, 2.05) is 23.4 Å². The molecule has 0 saturated heterocycles. The molecule has 0 spiro atoms. The number of anilines is 1. The Labute approximate surface area is 128 Å². The number of thiophene rings is 1. The fraction of sp³-hybridized carbons (Fsp3) is 0.385. The first kappa shape index (κ1) is 12.9. The normalized spacial score (nSPS) is 14.7. The molecular weight excluding hydrogens is 306 g/mol. The first-order valence-electron chi connectivity index (χ1n) is 6.72. The van der Waals surface area contributed by atoms with E-state index in [1.165, 1.54) is 35.7 Å². The maximum absolute atomic E-state index is 12.0. The van der Waals surface area contributed by atoms with Gasteiger partial charge in [0, 0.05) is 24.5 Å². The minimum Gasteiger partial charge on any atom is -0.342 e. The van der Waals surface area contributed by atoms with Crippen LogP contribution < -0.4 is 10.5 Å². The molecule has 0 bridgehead atoms. The van der Waals surface area contributed by atoms with Crippen molar-refractivity contribution in [3.63, 3.8) is 0 Å². The minimum atomic E-state index is -0.0747. The van der Waals surface area contributed by atoms with Crippen molar-refractivity contribution in [1.82, 2.24) is 19.3 Å². The Hall–Kier alpha value is -1.80. The summed E-state index contributed by atoms with van der Waals surface area (Å²) in [4.78, 5) is 25.8. The number of hydrogen-bond acceptors (Lipinski definition) is 7. The second-order valence-corrected chi connectivity index (χ2v) is 6.86. The van der Waals surface area contributed by atoms with Crippen molar-refractivity contribution < 1.29 is 0 Å². The lowest BCUT2D eigenvalue weighted by atomic mass is 10.4. The molecule has 1 saturated carbocycles. The van der Waals surface area contributed by atoms with Crippen LogP contribution in [0.25, 0.3) is 10.2 Å². The summed E-state index contributed by atoms with van der Waals surface area (Å²) in [6, 6.07) is 1.87. The molecule has 1 fully saturated rings. The lowest BCUT2D eigenvalue weighted by Gasteiger charge is -2.13. The van der Waals surface area contributed by atoms with Gasteiger partial charge in [-0.2, -0.15) is 4.37 Å². The van der Waals surface area contributed by atoms with Crippen LogP contribution >= 0.6 is 22.9 Å². The third-order valence-electron chi connectivity index (χ3n) is 3.45. The Bertz CT molecular complexity index is 847. The van der Waals surface area contributed by atoms with Crippen molar-refractivity contribution in [2.75, 3.05) is 11.9 Å². The van der Waals surface area contributed by atoms with Crippen LogP contribution in [0.15, 0.2) is 16.2 Å². The van der Waals surface area contributed by atoms with E-state index in [-0.39, 0.29) is 5.56 Å². The molecule has 1 aliphatic carbocycles. The lowest BCUT2D eigenvalue weighted by molar-refractivity contribution is 0.831. The zero-order valence-corrected chi connectivity index (χ0v) is 13.0. The van der Waals surface area contributed by atoms with Gasteiger partial charge in [-0.15, -0.1) is 11.3 Å². The zero-order chi connectivity index (χ0) is 14.4. The molecule has 4 rings (SSSR count). The van der Waals surface area contributed by atoms with Crippen LogP contribution in [0.3, 0.4) is 0 Å². The van der Waals surface area contributed by atoms with Gasteiger partial charge in [-0.25, -0.2) is 9.97 Å². The predicted molar refractivity (Wildman–Crippen MR) is 84.2 cm³/mol. The Morgan fingerprint density at radius 1 is 1.43 bits per heavy atom. The average Bonchev–Trinajstić information content (AvgIpc) is 3.01. The van der Waals surface area contributed by atoms with Crippen LogP contribution in [0.2, 0.25) is 0 Å². The number of nitrogens with zero attached hydrogens (tertiary/aromatic N) is 4. The second kappa shape index (κ2) is 4.88. The predicted octanol–water partition coefficient (Wildman–Crippen LogP) is 2.35. The van der Waals surface area contributed by atoms with Gasteiger partial charge in [0.05, 0.1) is 12.1 Å². The maximum Gasteiger partial charge on any atom is 0.268 e. The molecule has 1 N–H and O–H groups in total. The Kier molecular flexibility index (Phi) is 3.00. The van der Waals surface area contributed by atoms with E-state index in [2.05, 4.69) is 19.3 Å². The molecule has 21 heavy (non-hydrogen) atoms. The zero-order valence-electron chi connectivity index (χ0n) is 11.4. The number of hydrogen-bond donors (Lipinski definition) is 1. The third kappa shape index (κ3) is 2.44. The summed E-state index contributed by atoms with van der Waals surface area (Å²) < 4.78 is 5.07. The van der Waals surface area contributed by atoms with Crippen molar-refractivity contribution in [1.29, 1.82) is 0 Å². The van der Waals surface area contributed by atoms with Gasteiger partial charge in [0.2, 0.25) is 5.13 Å². The van der Waals surface area contributed by atoms with Gasteiger partial charge in [0.1, 0.15) is 16.3 Å². The van der Waals surface area contributed by atoms with Crippen molar-refractivity contribution >= 4 is 38.2 Å². The number of aromatic amines is 1. The van der Waals surface area contributed by atoms with E-state index < -0.39 is 0 Å². The van der Waals surface area contributed by atoms with E-state index in [9.17, 15) is 4.79 Å². The third-order valence-corrected chi connectivity index (χ3v) is 5.20. The molecule has 6 nitrogen and oxygen atoms in total. The van der Waals surface area contributed by atoms with Gasteiger partial charge in [-0.05, 0) is 24.3 Å². The molecule has 3 aromatic rings. The number of fused-ring (bicyclic) bond motifs is 1. The highest BCUT2D eigenvalue weighted by Crippen LogP contribution is 2.39. The summed E-state index contributed by atoms with van der Waals surface area (Å²) in [5.41, 5.74) is 0.678. The van der Waals surface area contributed by atoms with Crippen molar-refractivity contribution in [2.45, 2.75) is 25.3 Å². The number of aromatic nitrogens is 4. The highest BCUT2D eigenvalue weighted by molar-refractivity contribution is 7.17. The molecule has 8 heteroatoms. The van der Waals surface area contributed by atoms with Gasteiger partial charge in [0.25, 0.3) is 5.56 Å². The molecule has 0 atom stereocenters. The Balaban J connectivity index is 1.58. The van der Waals surface area contributed by atoms with Crippen LogP contribution in [0, 0.1) is 0 Å². The Morgan fingerprint density at radius 3 is 3.10 bits per heavy atom. The van der Waals surface area contributed by atoms with E-state index in [0.717, 1.165) is 16.5 Å². The quantitative estimate of drug-likeness (QED) is 0.799. The van der Waals surface area contributed by atoms with Crippen LogP contribution in [-0.4, -0.2) is 26.4 Å². The van der Waals surface area contributed by atoms with Crippen LogP contribution in [0.1, 0.15) is 30.4 Å². The first-order valence-corrected chi connectivity index (χ1v) is 8.37. The molecule has 108 valence electrons. The van der Waals surface area contributed by atoms with E-state index in [0.29, 0.717) is 23.0 Å². The van der Waals surface area contributed by atoms with Gasteiger partial charge in [-0.3, -0.25) is 4.79 Å². The van der Waals surface area contributed by atoms with E-state index in [1.54, 1.807) is 0 Å². The van der Waals surface area contributed by atoms with Crippen LogP contribution in [0.5, 0.6) is 0 Å². The molecule has 0 aromatic carbocycles. The number of nitrogens with one attached hydrogen (secondary N) is 1. The van der Waals surface area contributed by atoms with Crippen molar-refractivity contribution in [3.8, 4) is 0 Å². The summed E-state index contributed by atoms with van der Waals surface area (Å²) in [6.07, 6.45) is 2.40. The van der Waals surface area contributed by atoms with Gasteiger partial charge in [-0.1, -0.05) is 0 Å². The second-order valence-electron chi connectivity index (χ2n) is 5.21. The molecule has 0 aliphatic heterocycles. The first-order chi connectivity index (χ1) is 10.2. The monoisotopic (exact) mass is 319 g/mol. The molecule has 0 amide bonds. The summed E-state index contributed by atoms with van der Waals surface area (Å²) in [7, 11) is 1.94. The summed E-state index contributed by atoms with van der Waals surface area (Å²) >= 11 is 2.81. The van der Waals surface area contributed by atoms with Gasteiger partial charge < -0.3 is 9.88 Å². The molecule has 0 radical (unpaired) electrons. The smallest absolute Gasteiger partial charge is 0.268 e. The van der Waals surface area contributed by atoms with Crippen LogP contribution in [0.4, 0.5) is 5.13 Å². The molecular formula is C13H13N5OS2. The summed E-state index contributed by atoms with van der Waals surface area (Å²) in [5, 5.41) is 2.75. The van der Waals surface area contributed by atoms with Gasteiger partial charge >= 0.3 is 0 Å². The van der Waals surface area contributed by atoms with E-state index >= 15 is 0 Å². The largest absolute Gasteiger partial charge is 0.342 e. The fourth-order valence-corrected chi connectivity index (χ4v) is 3.61. The van der Waals surface area contributed by atoms with E-state index in [4.69, 9.17) is 0 Å². The molecule has 3 aromatic heterocycles. The Morgan fingerprint density at radius 2 is 2.29 bits per heavy atom. The lowest BCUT2D eigenvalue weighted by Crippen LogP contribution is -2.21. The summed E-state index contributed by atoms with van der Waals surface area (Å²) in [5.74, 6) is 2.16. The molecule has 0 unspecified atom stereocenters. The number of rotatable bonds is 4. The molecule has 3 heterocycles. The fourth-order valence-electron chi connectivity index (χ4n) is 2.18.